The van der Waals surface area contributed by atoms with E-state index in [1.54, 1.807) is 37.4 Å². The van der Waals surface area contributed by atoms with Crippen molar-refractivity contribution in [2.24, 2.45) is 0 Å². The third-order valence-corrected chi connectivity index (χ3v) is 8.82. The molecule has 1 N–H and O–H groups in total. The highest BCUT2D eigenvalue weighted by molar-refractivity contribution is 6.42. The minimum Gasteiger partial charge on any atom is -0.437 e. The molecule has 2 amide bonds. The molecule has 0 saturated carbocycles. The lowest BCUT2D eigenvalue weighted by Crippen LogP contribution is -2.51. The lowest BCUT2D eigenvalue weighted by Gasteiger charge is -2.46. The molecule has 1 fully saturated rings. The zero-order chi connectivity index (χ0) is 31.6. The largest absolute Gasteiger partial charge is 0.573 e. The Bertz CT molecular complexity index is 1550. The summed E-state index contributed by atoms with van der Waals surface area (Å²) in [6, 6.07) is 14.8. The maximum absolute atomic E-state index is 14.2. The van der Waals surface area contributed by atoms with Gasteiger partial charge in [0.2, 0.25) is 5.91 Å². The number of likely N-dealkylation sites (tertiary alicyclic amines) is 1. The number of para-hydroxylation sites is 1. The van der Waals surface area contributed by atoms with Gasteiger partial charge in [0.25, 0.3) is 0 Å². The number of nitrogens with one attached hydrogen (secondary N) is 1. The molecule has 3 aromatic carbocycles. The first kappa shape index (κ1) is 31.9. The molecule has 7 nitrogen and oxygen atoms in total. The number of amides is 2. The number of piperidine rings is 1. The van der Waals surface area contributed by atoms with Crippen LogP contribution in [0.4, 0.5) is 28.0 Å². The number of halogens is 6. The summed E-state index contributed by atoms with van der Waals surface area (Å²) in [5, 5.41) is 3.32. The van der Waals surface area contributed by atoms with Gasteiger partial charge in [-0.2, -0.15) is 0 Å². The number of fused-ring (bicyclic) bond motifs is 2. The molecule has 0 bridgehead atoms. The van der Waals surface area contributed by atoms with E-state index in [4.69, 9.17) is 27.9 Å². The van der Waals surface area contributed by atoms with Crippen LogP contribution < -0.4 is 15.0 Å². The normalized spacial score (nSPS) is 17.2. The smallest absolute Gasteiger partial charge is 0.437 e. The van der Waals surface area contributed by atoms with Gasteiger partial charge in [0, 0.05) is 50.7 Å². The van der Waals surface area contributed by atoms with Gasteiger partial charge in [0.1, 0.15) is 17.2 Å². The molecule has 0 radical (unpaired) electrons. The Kier molecular flexibility index (Phi) is 9.29. The fourth-order valence-electron chi connectivity index (χ4n) is 5.73. The number of carbonyl (C=O) groups excluding carboxylic acids is 2. The first-order chi connectivity index (χ1) is 20.8. The van der Waals surface area contributed by atoms with Crippen LogP contribution >= 0.6 is 23.2 Å². The SMILES string of the molecule is CN1C(=O)OC2(CCN(CCC(C(=O)NCc3ccccc3OC(F)(F)F)c3ccc(Cl)c(Cl)c3)CC2)c2cc(F)ccc21. The fourth-order valence-corrected chi connectivity index (χ4v) is 6.04. The zero-order valence-corrected chi connectivity index (χ0v) is 25.1. The summed E-state index contributed by atoms with van der Waals surface area (Å²) >= 11 is 12.4. The second-order valence-corrected chi connectivity index (χ2v) is 11.6. The summed E-state index contributed by atoms with van der Waals surface area (Å²) in [6.07, 6.45) is -4.16. The topological polar surface area (TPSA) is 71.1 Å². The minimum absolute atomic E-state index is 0.164. The third-order valence-electron chi connectivity index (χ3n) is 8.08. The van der Waals surface area contributed by atoms with Crippen molar-refractivity contribution in [3.05, 3.63) is 93.2 Å². The molecule has 44 heavy (non-hydrogen) atoms. The fraction of sp³-hybridized carbons (Fsp3) is 0.355. The van der Waals surface area contributed by atoms with E-state index < -0.39 is 41.4 Å². The number of ether oxygens (including phenoxy) is 2. The minimum atomic E-state index is -4.88. The van der Waals surface area contributed by atoms with Gasteiger partial charge in [0.15, 0.2) is 0 Å². The van der Waals surface area contributed by atoms with Crippen molar-refractivity contribution in [3.8, 4) is 5.75 Å². The molecule has 1 saturated heterocycles. The number of alkyl halides is 3. The first-order valence-electron chi connectivity index (χ1n) is 13.9. The Morgan fingerprint density at radius 2 is 1.80 bits per heavy atom. The number of hydrogen-bond acceptors (Lipinski definition) is 5. The number of nitrogens with zero attached hydrogens (tertiary/aromatic N) is 2. The van der Waals surface area contributed by atoms with Crippen molar-refractivity contribution in [3.63, 3.8) is 0 Å². The first-order valence-corrected chi connectivity index (χ1v) is 14.7. The van der Waals surface area contributed by atoms with E-state index in [0.29, 0.717) is 60.7 Å². The Morgan fingerprint density at radius 3 is 2.50 bits per heavy atom. The molecule has 1 unspecified atom stereocenters. The molecule has 2 aliphatic heterocycles. The standard InChI is InChI=1S/C31H29Cl2F4N3O4/c1-39-26-9-7-21(34)17-23(26)30(44-29(39)42)11-14-40(15-12-30)13-10-22(19-6-8-24(32)25(33)16-19)28(41)38-18-20-4-2-3-5-27(20)43-31(35,36)37/h2-9,16-17,22H,10-15,18H2,1H3,(H,38,41). The molecule has 1 spiro atoms. The molecule has 13 heteroatoms. The van der Waals surface area contributed by atoms with Crippen LogP contribution in [0.5, 0.6) is 5.75 Å². The van der Waals surface area contributed by atoms with Gasteiger partial charge in [-0.3, -0.25) is 9.69 Å². The van der Waals surface area contributed by atoms with Gasteiger partial charge in [-0.15, -0.1) is 13.2 Å². The van der Waals surface area contributed by atoms with Crippen molar-refractivity contribution >= 4 is 40.9 Å². The van der Waals surface area contributed by atoms with E-state index in [1.165, 1.54) is 35.2 Å². The number of hydrogen-bond donors (Lipinski definition) is 1. The van der Waals surface area contributed by atoms with Crippen molar-refractivity contribution in [2.75, 3.05) is 31.6 Å². The Labute approximate surface area is 261 Å². The second kappa shape index (κ2) is 12.8. The number of rotatable bonds is 8. The van der Waals surface area contributed by atoms with Crippen molar-refractivity contribution in [1.29, 1.82) is 0 Å². The van der Waals surface area contributed by atoms with Crippen LogP contribution in [-0.2, 0) is 21.7 Å². The zero-order valence-electron chi connectivity index (χ0n) is 23.6. The predicted molar refractivity (Wildman–Crippen MR) is 157 cm³/mol. The number of carbonyl (C=O) groups is 2. The van der Waals surface area contributed by atoms with E-state index >= 15 is 0 Å². The van der Waals surface area contributed by atoms with E-state index in [-0.39, 0.29) is 17.1 Å². The molecular weight excluding hydrogens is 625 g/mol. The average Bonchev–Trinajstić information content (AvgIpc) is 2.97. The van der Waals surface area contributed by atoms with Crippen molar-refractivity contribution in [1.82, 2.24) is 10.2 Å². The van der Waals surface area contributed by atoms with E-state index in [1.807, 2.05) is 0 Å². The van der Waals surface area contributed by atoms with Gasteiger partial charge in [-0.05, 0) is 54.9 Å². The van der Waals surface area contributed by atoms with Crippen LogP contribution in [0, 0.1) is 5.82 Å². The summed E-state index contributed by atoms with van der Waals surface area (Å²) in [6.45, 7) is 1.33. The monoisotopic (exact) mass is 653 g/mol. The highest BCUT2D eigenvalue weighted by Crippen LogP contribution is 2.45. The van der Waals surface area contributed by atoms with E-state index in [9.17, 15) is 27.2 Å². The molecular formula is C31H29Cl2F4N3O4. The highest BCUT2D eigenvalue weighted by atomic mass is 35.5. The molecule has 5 rings (SSSR count). The second-order valence-electron chi connectivity index (χ2n) is 10.8. The van der Waals surface area contributed by atoms with Gasteiger partial charge in [-0.1, -0.05) is 47.5 Å². The Morgan fingerprint density at radius 1 is 1.07 bits per heavy atom. The molecule has 0 aromatic heterocycles. The van der Waals surface area contributed by atoms with Crippen LogP contribution in [-0.4, -0.2) is 49.9 Å². The van der Waals surface area contributed by atoms with Crippen LogP contribution in [0.1, 0.15) is 41.9 Å². The van der Waals surface area contributed by atoms with Crippen molar-refractivity contribution < 1.29 is 36.6 Å². The molecule has 2 heterocycles. The van der Waals surface area contributed by atoms with Crippen LogP contribution in [0.2, 0.25) is 10.0 Å². The predicted octanol–water partition coefficient (Wildman–Crippen LogP) is 7.40. The Balaban J connectivity index is 1.28. The molecule has 2 aliphatic rings. The third kappa shape index (κ3) is 7.06. The lowest BCUT2D eigenvalue weighted by molar-refractivity contribution is -0.274. The number of benzene rings is 3. The van der Waals surface area contributed by atoms with Crippen LogP contribution in [0.25, 0.3) is 0 Å². The van der Waals surface area contributed by atoms with Crippen LogP contribution in [0.3, 0.4) is 0 Å². The maximum Gasteiger partial charge on any atom is 0.573 e. The highest BCUT2D eigenvalue weighted by Gasteiger charge is 2.46. The van der Waals surface area contributed by atoms with Crippen LogP contribution in [0.15, 0.2) is 60.7 Å². The van der Waals surface area contributed by atoms with Gasteiger partial charge in [-0.25, -0.2) is 9.18 Å². The Hall–Kier alpha value is -3.54. The summed E-state index contributed by atoms with van der Waals surface area (Å²) < 4.78 is 62.8. The summed E-state index contributed by atoms with van der Waals surface area (Å²) in [5.74, 6) is -1.93. The summed E-state index contributed by atoms with van der Waals surface area (Å²) in [7, 11) is 1.58. The maximum atomic E-state index is 14.2. The molecule has 3 aromatic rings. The molecule has 234 valence electrons. The van der Waals surface area contributed by atoms with E-state index in [0.717, 1.165) is 0 Å². The summed E-state index contributed by atoms with van der Waals surface area (Å²) in [4.78, 5) is 29.6. The molecule has 1 atom stereocenters. The van der Waals surface area contributed by atoms with E-state index in [2.05, 4.69) is 15.0 Å². The molecule has 0 aliphatic carbocycles. The van der Waals surface area contributed by atoms with Gasteiger partial charge < -0.3 is 19.7 Å². The van der Waals surface area contributed by atoms with Gasteiger partial charge >= 0.3 is 12.5 Å². The lowest BCUT2D eigenvalue weighted by atomic mass is 9.81. The average molecular weight is 654 g/mol. The van der Waals surface area contributed by atoms with Gasteiger partial charge in [0.05, 0.1) is 21.7 Å². The quantitative estimate of drug-likeness (QED) is 0.257. The van der Waals surface area contributed by atoms with Crippen molar-refractivity contribution in [2.45, 2.75) is 43.7 Å². The number of anilines is 1. The summed E-state index contributed by atoms with van der Waals surface area (Å²) in [5.41, 5.74) is 1.04.